The molecule has 0 fully saturated rings. The normalized spacial score (nSPS) is 11.8. The van der Waals surface area contributed by atoms with Crippen LogP contribution in [-0.4, -0.2) is 20.1 Å². The highest BCUT2D eigenvalue weighted by Gasteiger charge is 2.17. The van der Waals surface area contributed by atoms with Crippen molar-refractivity contribution in [2.24, 2.45) is 0 Å². The highest BCUT2D eigenvalue weighted by Crippen LogP contribution is 2.21. The van der Waals surface area contributed by atoms with E-state index in [1.807, 2.05) is 31.2 Å². The van der Waals surface area contributed by atoms with Gasteiger partial charge in [0.1, 0.15) is 22.6 Å². The van der Waals surface area contributed by atoms with Gasteiger partial charge in [0.25, 0.3) is 5.91 Å². The maximum Gasteiger partial charge on any atom is 0.349 e. The van der Waals surface area contributed by atoms with Crippen LogP contribution >= 0.6 is 0 Å². The zero-order chi connectivity index (χ0) is 18.7. The molecule has 0 spiro atoms. The lowest BCUT2D eigenvalue weighted by atomic mass is 10.1. The standard InChI is InChI=1S/C20H19NO5/c1-12(13-4-6-15(24-2)7-5-13)21-19(22)17-11-14-10-16(25-3)8-9-18(14)26-20(17)23/h4-12H,1-3H3,(H,21,22). The highest BCUT2D eigenvalue weighted by atomic mass is 16.5. The van der Waals surface area contributed by atoms with Crippen LogP contribution in [0.15, 0.2) is 57.7 Å². The molecule has 0 saturated heterocycles. The highest BCUT2D eigenvalue weighted by molar-refractivity contribution is 5.97. The fraction of sp³-hybridized carbons (Fsp3) is 0.200. The van der Waals surface area contributed by atoms with Gasteiger partial charge >= 0.3 is 5.63 Å². The Morgan fingerprint density at radius 1 is 1.00 bits per heavy atom. The topological polar surface area (TPSA) is 77.8 Å². The molecule has 26 heavy (non-hydrogen) atoms. The first-order chi connectivity index (χ1) is 12.5. The maximum absolute atomic E-state index is 12.5. The molecule has 1 amide bonds. The van der Waals surface area contributed by atoms with Crippen LogP contribution in [0.25, 0.3) is 11.0 Å². The number of carbonyl (C=O) groups is 1. The molecule has 1 atom stereocenters. The number of rotatable bonds is 5. The minimum Gasteiger partial charge on any atom is -0.497 e. The molecule has 1 N–H and O–H groups in total. The van der Waals surface area contributed by atoms with Gasteiger partial charge in [0.05, 0.1) is 20.3 Å². The second kappa shape index (κ2) is 7.31. The van der Waals surface area contributed by atoms with Gasteiger partial charge in [0.2, 0.25) is 0 Å². The van der Waals surface area contributed by atoms with Crippen molar-refractivity contribution in [3.8, 4) is 11.5 Å². The zero-order valence-corrected chi connectivity index (χ0v) is 14.7. The van der Waals surface area contributed by atoms with E-state index in [1.165, 1.54) is 6.07 Å². The average Bonchev–Trinajstić information content (AvgIpc) is 2.67. The summed E-state index contributed by atoms with van der Waals surface area (Å²) in [5, 5.41) is 3.43. The first-order valence-corrected chi connectivity index (χ1v) is 8.08. The SMILES string of the molecule is COc1ccc(C(C)NC(=O)c2cc3cc(OC)ccc3oc2=O)cc1. The first-order valence-electron chi connectivity index (χ1n) is 8.08. The summed E-state index contributed by atoms with van der Waals surface area (Å²) in [6.07, 6.45) is 0. The van der Waals surface area contributed by atoms with Gasteiger partial charge in [0.15, 0.2) is 0 Å². The van der Waals surface area contributed by atoms with Gasteiger partial charge in [-0.3, -0.25) is 4.79 Å². The van der Waals surface area contributed by atoms with Crippen LogP contribution < -0.4 is 20.4 Å². The molecule has 3 aromatic rings. The van der Waals surface area contributed by atoms with E-state index in [0.717, 1.165) is 11.3 Å². The number of carbonyl (C=O) groups excluding carboxylic acids is 1. The second-order valence-corrected chi connectivity index (χ2v) is 5.82. The summed E-state index contributed by atoms with van der Waals surface area (Å²) < 4.78 is 15.5. The molecule has 0 aliphatic rings. The predicted molar refractivity (Wildman–Crippen MR) is 97.9 cm³/mol. The molecule has 1 aromatic heterocycles. The van der Waals surface area contributed by atoms with Gasteiger partial charge in [-0.15, -0.1) is 0 Å². The molecule has 0 aliphatic heterocycles. The lowest BCUT2D eigenvalue weighted by molar-refractivity contribution is 0.0936. The quantitative estimate of drug-likeness (QED) is 0.712. The predicted octanol–water partition coefficient (Wildman–Crippen LogP) is 3.30. The summed E-state index contributed by atoms with van der Waals surface area (Å²) >= 11 is 0. The second-order valence-electron chi connectivity index (χ2n) is 5.82. The van der Waals surface area contributed by atoms with Gasteiger partial charge in [-0.05, 0) is 48.9 Å². The van der Waals surface area contributed by atoms with Crippen molar-refractivity contribution in [1.82, 2.24) is 5.32 Å². The van der Waals surface area contributed by atoms with Gasteiger partial charge in [-0.1, -0.05) is 12.1 Å². The monoisotopic (exact) mass is 353 g/mol. The molecular formula is C20H19NO5. The molecule has 0 aliphatic carbocycles. The zero-order valence-electron chi connectivity index (χ0n) is 14.7. The van der Waals surface area contributed by atoms with Crippen LogP contribution in [0.2, 0.25) is 0 Å². The maximum atomic E-state index is 12.5. The van der Waals surface area contributed by atoms with E-state index in [1.54, 1.807) is 32.4 Å². The smallest absolute Gasteiger partial charge is 0.349 e. The van der Waals surface area contributed by atoms with Crippen LogP contribution in [0.5, 0.6) is 11.5 Å². The summed E-state index contributed by atoms with van der Waals surface area (Å²) in [6, 6.07) is 13.6. The summed E-state index contributed by atoms with van der Waals surface area (Å²) in [7, 11) is 3.14. The van der Waals surface area contributed by atoms with Crippen LogP contribution in [0.3, 0.4) is 0 Å². The molecule has 3 rings (SSSR count). The number of ether oxygens (including phenoxy) is 2. The third-order valence-corrected chi connectivity index (χ3v) is 4.15. The van der Waals surface area contributed by atoms with E-state index >= 15 is 0 Å². The molecule has 6 nitrogen and oxygen atoms in total. The van der Waals surface area contributed by atoms with E-state index in [0.29, 0.717) is 16.7 Å². The van der Waals surface area contributed by atoms with Crippen molar-refractivity contribution < 1.29 is 18.7 Å². The van der Waals surface area contributed by atoms with Crippen LogP contribution in [0.1, 0.15) is 28.9 Å². The van der Waals surface area contributed by atoms with E-state index in [9.17, 15) is 9.59 Å². The Morgan fingerprint density at radius 2 is 1.65 bits per heavy atom. The summed E-state index contributed by atoms with van der Waals surface area (Å²) in [6.45, 7) is 1.84. The van der Waals surface area contributed by atoms with E-state index < -0.39 is 11.5 Å². The number of nitrogens with one attached hydrogen (secondary N) is 1. The number of fused-ring (bicyclic) bond motifs is 1. The Kier molecular flexibility index (Phi) is 4.93. The molecule has 134 valence electrons. The van der Waals surface area contributed by atoms with Crippen molar-refractivity contribution in [3.63, 3.8) is 0 Å². The number of hydrogen-bond donors (Lipinski definition) is 1. The lowest BCUT2D eigenvalue weighted by Gasteiger charge is -2.14. The Morgan fingerprint density at radius 3 is 2.31 bits per heavy atom. The molecule has 2 aromatic carbocycles. The van der Waals surface area contributed by atoms with Crippen LogP contribution in [0, 0.1) is 0 Å². The molecule has 0 radical (unpaired) electrons. The molecule has 6 heteroatoms. The van der Waals surface area contributed by atoms with Crippen molar-refractivity contribution in [1.29, 1.82) is 0 Å². The third-order valence-electron chi connectivity index (χ3n) is 4.15. The number of methoxy groups -OCH3 is 2. The molecule has 1 unspecified atom stereocenters. The Bertz CT molecular complexity index is 991. The lowest BCUT2D eigenvalue weighted by Crippen LogP contribution is -2.30. The summed E-state index contributed by atoms with van der Waals surface area (Å²) in [4.78, 5) is 24.7. The van der Waals surface area contributed by atoms with Gasteiger partial charge in [-0.2, -0.15) is 0 Å². The fourth-order valence-electron chi connectivity index (χ4n) is 2.64. The molecule has 0 saturated carbocycles. The Hall–Kier alpha value is -3.28. The fourth-order valence-corrected chi connectivity index (χ4v) is 2.64. The average molecular weight is 353 g/mol. The minimum atomic E-state index is -0.679. The Balaban J connectivity index is 1.86. The van der Waals surface area contributed by atoms with Gasteiger partial charge < -0.3 is 19.2 Å². The van der Waals surface area contributed by atoms with Gasteiger partial charge in [-0.25, -0.2) is 4.79 Å². The molecule has 1 heterocycles. The third kappa shape index (κ3) is 3.54. The van der Waals surface area contributed by atoms with Crippen molar-refractivity contribution in [2.75, 3.05) is 14.2 Å². The molecular weight excluding hydrogens is 334 g/mol. The van der Waals surface area contributed by atoms with Crippen molar-refractivity contribution >= 4 is 16.9 Å². The number of benzene rings is 2. The van der Waals surface area contributed by atoms with E-state index in [2.05, 4.69) is 5.32 Å². The Labute approximate surface area is 150 Å². The minimum absolute atomic E-state index is 0.0499. The first kappa shape index (κ1) is 17.5. The summed E-state index contributed by atoms with van der Waals surface area (Å²) in [5.74, 6) is 0.854. The number of hydrogen-bond acceptors (Lipinski definition) is 5. The van der Waals surface area contributed by atoms with Crippen molar-refractivity contribution in [3.05, 3.63) is 70.1 Å². The summed E-state index contributed by atoms with van der Waals surface area (Å²) in [5.41, 5.74) is 0.565. The van der Waals surface area contributed by atoms with Crippen molar-refractivity contribution in [2.45, 2.75) is 13.0 Å². The largest absolute Gasteiger partial charge is 0.497 e. The number of amides is 1. The molecule has 0 bridgehead atoms. The van der Waals surface area contributed by atoms with E-state index in [-0.39, 0.29) is 11.6 Å². The van der Waals surface area contributed by atoms with Crippen LogP contribution in [0.4, 0.5) is 0 Å². The van der Waals surface area contributed by atoms with Gasteiger partial charge in [0, 0.05) is 5.39 Å². The van der Waals surface area contributed by atoms with E-state index in [4.69, 9.17) is 13.9 Å². The van der Waals surface area contributed by atoms with Crippen LogP contribution in [-0.2, 0) is 0 Å².